The summed E-state index contributed by atoms with van der Waals surface area (Å²) in [5.41, 5.74) is 6.82. The van der Waals surface area contributed by atoms with Crippen LogP contribution in [0.5, 0.6) is 0 Å². The molecule has 1 aliphatic rings. The van der Waals surface area contributed by atoms with Crippen LogP contribution in [0.4, 0.5) is 0 Å². The smallest absolute Gasteiger partial charge is 0.276 e. The first-order chi connectivity index (χ1) is 10.2. The van der Waals surface area contributed by atoms with E-state index < -0.39 is 0 Å². The van der Waals surface area contributed by atoms with Gasteiger partial charge in [0.05, 0.1) is 0 Å². The van der Waals surface area contributed by atoms with Gasteiger partial charge in [0, 0.05) is 29.7 Å². The van der Waals surface area contributed by atoms with Crippen molar-refractivity contribution < 1.29 is 9.32 Å². The molecule has 1 unspecified atom stereocenters. The van der Waals surface area contributed by atoms with Crippen molar-refractivity contribution in [3.05, 3.63) is 41.0 Å². The molecule has 1 saturated heterocycles. The Hall–Kier alpha value is -1.56. The zero-order valence-electron chi connectivity index (χ0n) is 11.9. The Morgan fingerprint density at radius 3 is 2.77 bits per heavy atom. The lowest BCUT2D eigenvalue weighted by atomic mass is 10.1. The summed E-state index contributed by atoms with van der Waals surface area (Å²) >= 11 is 5.85. The van der Waals surface area contributed by atoms with Gasteiger partial charge in [-0.05, 0) is 43.1 Å². The van der Waals surface area contributed by atoms with Crippen molar-refractivity contribution in [2.45, 2.75) is 6.42 Å². The van der Waals surface area contributed by atoms with Crippen LogP contribution in [0.15, 0.2) is 34.9 Å². The fraction of sp³-hybridized carbons (Fsp3) is 0.333. The molecule has 0 aliphatic carbocycles. The molecule has 0 spiro atoms. The summed E-state index contributed by atoms with van der Waals surface area (Å²) in [4.78, 5) is 14.1. The van der Waals surface area contributed by atoms with E-state index in [9.17, 15) is 4.79 Å². The van der Waals surface area contributed by atoms with Gasteiger partial charge in [-0.1, -0.05) is 16.8 Å². The molecule has 1 aromatic heterocycles. The summed E-state index contributed by atoms with van der Waals surface area (Å²) in [6.45, 7) is 2.03. The second-order valence-corrected chi connectivity index (χ2v) is 5.66. The third-order valence-corrected chi connectivity index (χ3v) is 4.02. The van der Waals surface area contributed by atoms with Crippen molar-refractivity contribution in [3.8, 4) is 11.3 Å². The van der Waals surface area contributed by atoms with E-state index in [1.807, 2.05) is 12.1 Å². The standard InChI is InChI=1S/C15H16ClN3O2.ClH/c16-12-3-1-11(2-4-12)14-7-13(18-21-14)15(20)19-6-5-10(8-17)9-19;/h1-4,7,10H,5-6,8-9,17H2;1H. The van der Waals surface area contributed by atoms with Crippen LogP contribution < -0.4 is 5.73 Å². The number of carbonyl (C=O) groups is 1. The first-order valence-electron chi connectivity index (χ1n) is 6.89. The number of amides is 1. The van der Waals surface area contributed by atoms with Crippen molar-refractivity contribution in [2.24, 2.45) is 11.7 Å². The van der Waals surface area contributed by atoms with Crippen LogP contribution >= 0.6 is 24.0 Å². The fourth-order valence-electron chi connectivity index (χ4n) is 2.50. The van der Waals surface area contributed by atoms with E-state index in [-0.39, 0.29) is 18.3 Å². The van der Waals surface area contributed by atoms with Crippen molar-refractivity contribution in [2.75, 3.05) is 19.6 Å². The van der Waals surface area contributed by atoms with Gasteiger partial charge in [0.15, 0.2) is 11.5 Å². The Labute approximate surface area is 139 Å². The zero-order chi connectivity index (χ0) is 14.8. The van der Waals surface area contributed by atoms with Crippen molar-refractivity contribution in [1.82, 2.24) is 10.1 Å². The van der Waals surface area contributed by atoms with Crippen LogP contribution in [0.2, 0.25) is 5.02 Å². The molecule has 2 N–H and O–H groups in total. The van der Waals surface area contributed by atoms with Gasteiger partial charge in [0.25, 0.3) is 5.91 Å². The molecular formula is C15H17Cl2N3O2. The van der Waals surface area contributed by atoms with E-state index in [2.05, 4.69) is 5.16 Å². The number of aromatic nitrogens is 1. The normalized spacial score (nSPS) is 17.4. The van der Waals surface area contributed by atoms with E-state index in [0.717, 1.165) is 18.5 Å². The molecule has 1 fully saturated rings. The van der Waals surface area contributed by atoms with Crippen molar-refractivity contribution >= 4 is 29.9 Å². The molecule has 1 atom stereocenters. The summed E-state index contributed by atoms with van der Waals surface area (Å²) in [5, 5.41) is 4.53. The maximum Gasteiger partial charge on any atom is 0.276 e. The third kappa shape index (κ3) is 3.43. The number of halogens is 2. The Morgan fingerprint density at radius 1 is 1.41 bits per heavy atom. The number of nitrogens with zero attached hydrogens (tertiary/aromatic N) is 2. The lowest BCUT2D eigenvalue weighted by Crippen LogP contribution is -2.30. The number of hydrogen-bond donors (Lipinski definition) is 1. The van der Waals surface area contributed by atoms with Crippen LogP contribution in [0.3, 0.4) is 0 Å². The Kier molecular flexibility index (Phi) is 5.45. The molecule has 118 valence electrons. The summed E-state index contributed by atoms with van der Waals surface area (Å²) in [6.07, 6.45) is 0.949. The van der Waals surface area contributed by atoms with Gasteiger partial charge < -0.3 is 15.2 Å². The molecule has 0 bridgehead atoms. The summed E-state index contributed by atoms with van der Waals surface area (Å²) < 4.78 is 5.26. The third-order valence-electron chi connectivity index (χ3n) is 3.76. The number of benzene rings is 1. The molecule has 3 rings (SSSR count). The second kappa shape index (κ2) is 7.13. The largest absolute Gasteiger partial charge is 0.355 e. The van der Waals surface area contributed by atoms with Gasteiger partial charge in [-0.25, -0.2) is 0 Å². The number of nitrogens with two attached hydrogens (primary N) is 1. The zero-order valence-corrected chi connectivity index (χ0v) is 13.4. The summed E-state index contributed by atoms with van der Waals surface area (Å²) in [5.74, 6) is 0.844. The summed E-state index contributed by atoms with van der Waals surface area (Å²) in [7, 11) is 0. The average Bonchev–Trinajstić information content (AvgIpc) is 3.16. The van der Waals surface area contributed by atoms with Crippen LogP contribution in [-0.2, 0) is 0 Å². The van der Waals surface area contributed by atoms with Crippen LogP contribution in [0.1, 0.15) is 16.9 Å². The lowest BCUT2D eigenvalue weighted by molar-refractivity contribution is 0.0777. The molecular weight excluding hydrogens is 325 g/mol. The monoisotopic (exact) mass is 341 g/mol. The first-order valence-corrected chi connectivity index (χ1v) is 7.27. The molecule has 22 heavy (non-hydrogen) atoms. The highest BCUT2D eigenvalue weighted by Gasteiger charge is 2.28. The highest BCUT2D eigenvalue weighted by molar-refractivity contribution is 6.30. The van der Waals surface area contributed by atoms with Crippen LogP contribution in [0.25, 0.3) is 11.3 Å². The predicted octanol–water partition coefficient (Wildman–Crippen LogP) is 2.84. The Balaban J connectivity index is 0.00000176. The molecule has 1 amide bonds. The van der Waals surface area contributed by atoms with Gasteiger partial charge in [0.2, 0.25) is 0 Å². The minimum absolute atomic E-state index is 0. The SMILES string of the molecule is Cl.NCC1CCN(C(=O)c2cc(-c3ccc(Cl)cc3)on2)C1. The minimum Gasteiger partial charge on any atom is -0.355 e. The minimum atomic E-state index is -0.102. The number of rotatable bonds is 3. The average molecular weight is 342 g/mol. The van der Waals surface area contributed by atoms with Gasteiger partial charge in [0.1, 0.15) is 0 Å². The Bertz CT molecular complexity index is 642. The molecule has 2 aromatic rings. The molecule has 0 saturated carbocycles. The Morgan fingerprint density at radius 2 is 2.14 bits per heavy atom. The predicted molar refractivity (Wildman–Crippen MR) is 87.3 cm³/mol. The van der Waals surface area contributed by atoms with E-state index in [1.54, 1.807) is 23.1 Å². The molecule has 1 aromatic carbocycles. The summed E-state index contributed by atoms with van der Waals surface area (Å²) in [6, 6.07) is 8.87. The maximum absolute atomic E-state index is 12.3. The topological polar surface area (TPSA) is 72.4 Å². The highest BCUT2D eigenvalue weighted by Crippen LogP contribution is 2.24. The fourth-order valence-corrected chi connectivity index (χ4v) is 2.62. The van der Waals surface area contributed by atoms with Crippen molar-refractivity contribution in [3.63, 3.8) is 0 Å². The van der Waals surface area contributed by atoms with E-state index in [1.165, 1.54) is 0 Å². The number of carbonyl (C=O) groups excluding carboxylic acids is 1. The highest BCUT2D eigenvalue weighted by atomic mass is 35.5. The van der Waals surface area contributed by atoms with Crippen LogP contribution in [-0.4, -0.2) is 35.6 Å². The van der Waals surface area contributed by atoms with E-state index in [0.29, 0.717) is 35.5 Å². The molecule has 5 nitrogen and oxygen atoms in total. The van der Waals surface area contributed by atoms with Gasteiger partial charge in [-0.2, -0.15) is 0 Å². The van der Waals surface area contributed by atoms with Gasteiger partial charge in [-0.3, -0.25) is 4.79 Å². The number of likely N-dealkylation sites (tertiary alicyclic amines) is 1. The van der Waals surface area contributed by atoms with Gasteiger partial charge in [-0.15, -0.1) is 12.4 Å². The van der Waals surface area contributed by atoms with Crippen LogP contribution in [0, 0.1) is 5.92 Å². The van der Waals surface area contributed by atoms with Gasteiger partial charge >= 0.3 is 0 Å². The maximum atomic E-state index is 12.3. The van der Waals surface area contributed by atoms with Crippen molar-refractivity contribution in [1.29, 1.82) is 0 Å². The van der Waals surface area contributed by atoms with E-state index in [4.69, 9.17) is 21.9 Å². The van der Waals surface area contributed by atoms with E-state index >= 15 is 0 Å². The quantitative estimate of drug-likeness (QED) is 0.931. The lowest BCUT2D eigenvalue weighted by Gasteiger charge is -2.13. The molecule has 7 heteroatoms. The molecule has 1 aliphatic heterocycles. The molecule has 0 radical (unpaired) electrons. The number of hydrogen-bond acceptors (Lipinski definition) is 4. The second-order valence-electron chi connectivity index (χ2n) is 5.22. The molecule has 2 heterocycles. The first kappa shape index (κ1) is 16.8.